The number of carboxylic acids is 1. The van der Waals surface area contributed by atoms with Crippen molar-refractivity contribution in [2.45, 2.75) is 10.1 Å². The summed E-state index contributed by atoms with van der Waals surface area (Å²) in [4.78, 5) is 10.6. The Balaban J connectivity index is 2.26. The van der Waals surface area contributed by atoms with E-state index in [0.29, 0.717) is 15.7 Å². The molecule has 0 bridgehead atoms. The van der Waals surface area contributed by atoms with Crippen molar-refractivity contribution in [2.24, 2.45) is 0 Å². The van der Waals surface area contributed by atoms with Crippen molar-refractivity contribution < 1.29 is 14.3 Å². The highest BCUT2D eigenvalue weighted by molar-refractivity contribution is 7.99. The molecule has 0 aliphatic rings. The van der Waals surface area contributed by atoms with Crippen LogP contribution in [0.15, 0.2) is 38.9 Å². The predicted molar refractivity (Wildman–Crippen MR) is 56.5 cm³/mol. The molecule has 0 aliphatic heterocycles. The highest BCUT2D eigenvalue weighted by Crippen LogP contribution is 2.29. The van der Waals surface area contributed by atoms with Crippen LogP contribution >= 0.6 is 11.8 Å². The van der Waals surface area contributed by atoms with E-state index in [1.807, 2.05) is 6.07 Å². The third kappa shape index (κ3) is 2.43. The zero-order valence-electron chi connectivity index (χ0n) is 8.32. The molecule has 0 aliphatic carbocycles. The number of hydrogen-bond donors (Lipinski definition) is 1. The maximum absolute atomic E-state index is 10.6. The SMILES string of the molecule is N#Cc1ccnnc1Sc1ccc(C(=O)O)o1. The molecule has 7 heteroatoms. The fourth-order valence-corrected chi connectivity index (χ4v) is 1.83. The van der Waals surface area contributed by atoms with Crippen LogP contribution in [0.5, 0.6) is 0 Å². The van der Waals surface area contributed by atoms with Gasteiger partial charge in [-0.3, -0.25) is 0 Å². The fourth-order valence-electron chi connectivity index (χ4n) is 1.06. The first kappa shape index (κ1) is 11.2. The molecule has 0 spiro atoms. The van der Waals surface area contributed by atoms with Crippen molar-refractivity contribution in [3.8, 4) is 6.07 Å². The Morgan fingerprint density at radius 3 is 2.94 bits per heavy atom. The lowest BCUT2D eigenvalue weighted by Crippen LogP contribution is -1.91. The smallest absolute Gasteiger partial charge is 0.371 e. The van der Waals surface area contributed by atoms with Crippen LogP contribution in [0.25, 0.3) is 0 Å². The molecule has 2 rings (SSSR count). The van der Waals surface area contributed by atoms with Gasteiger partial charge in [0, 0.05) is 0 Å². The maximum atomic E-state index is 10.6. The number of nitrogens with zero attached hydrogens (tertiary/aromatic N) is 3. The van der Waals surface area contributed by atoms with Gasteiger partial charge in [-0.05, 0) is 30.0 Å². The van der Waals surface area contributed by atoms with E-state index in [4.69, 9.17) is 14.8 Å². The summed E-state index contributed by atoms with van der Waals surface area (Å²) in [5, 5.41) is 25.7. The molecule has 0 atom stereocenters. The van der Waals surface area contributed by atoms with E-state index in [1.165, 1.54) is 24.4 Å². The lowest BCUT2D eigenvalue weighted by atomic mass is 10.3. The average Bonchev–Trinajstić information content (AvgIpc) is 2.78. The molecule has 0 saturated heterocycles. The molecular formula is C10H5N3O3S. The van der Waals surface area contributed by atoms with Crippen LogP contribution in [-0.4, -0.2) is 21.3 Å². The number of carbonyl (C=O) groups is 1. The second-order valence-electron chi connectivity index (χ2n) is 2.89. The van der Waals surface area contributed by atoms with Crippen molar-refractivity contribution in [1.82, 2.24) is 10.2 Å². The molecule has 2 heterocycles. The minimum atomic E-state index is -1.14. The van der Waals surface area contributed by atoms with Crippen molar-refractivity contribution in [3.63, 3.8) is 0 Å². The molecule has 0 aromatic carbocycles. The Labute approximate surface area is 99.9 Å². The zero-order valence-corrected chi connectivity index (χ0v) is 9.14. The zero-order chi connectivity index (χ0) is 12.3. The number of nitriles is 1. The van der Waals surface area contributed by atoms with Gasteiger partial charge in [-0.15, -0.1) is 5.10 Å². The van der Waals surface area contributed by atoms with Crippen LogP contribution in [0.3, 0.4) is 0 Å². The highest BCUT2D eigenvalue weighted by atomic mass is 32.2. The van der Waals surface area contributed by atoms with E-state index in [1.54, 1.807) is 0 Å². The summed E-state index contributed by atoms with van der Waals surface area (Å²) in [7, 11) is 0. The van der Waals surface area contributed by atoms with Gasteiger partial charge in [-0.2, -0.15) is 10.4 Å². The van der Waals surface area contributed by atoms with E-state index in [2.05, 4.69) is 10.2 Å². The van der Waals surface area contributed by atoms with E-state index < -0.39 is 5.97 Å². The lowest BCUT2D eigenvalue weighted by Gasteiger charge is -1.97. The third-order valence-corrected chi connectivity index (χ3v) is 2.71. The van der Waals surface area contributed by atoms with Gasteiger partial charge in [0.2, 0.25) is 5.76 Å². The van der Waals surface area contributed by atoms with Crippen LogP contribution in [-0.2, 0) is 0 Å². The maximum Gasteiger partial charge on any atom is 0.371 e. The van der Waals surface area contributed by atoms with Crippen LogP contribution in [0.1, 0.15) is 16.1 Å². The molecule has 2 aromatic rings. The number of rotatable bonds is 3. The summed E-state index contributed by atoms with van der Waals surface area (Å²) in [6.07, 6.45) is 1.41. The Morgan fingerprint density at radius 2 is 2.29 bits per heavy atom. The van der Waals surface area contributed by atoms with E-state index in [9.17, 15) is 4.79 Å². The van der Waals surface area contributed by atoms with Crippen LogP contribution in [0.4, 0.5) is 0 Å². The molecule has 0 fully saturated rings. The molecule has 6 nitrogen and oxygen atoms in total. The molecule has 0 radical (unpaired) electrons. The van der Waals surface area contributed by atoms with E-state index >= 15 is 0 Å². The number of carboxylic acid groups (broad SMARTS) is 1. The third-order valence-electron chi connectivity index (χ3n) is 1.80. The summed E-state index contributed by atoms with van der Waals surface area (Å²) in [6, 6.07) is 6.33. The van der Waals surface area contributed by atoms with Gasteiger partial charge in [-0.1, -0.05) is 0 Å². The van der Waals surface area contributed by atoms with Gasteiger partial charge in [0.1, 0.15) is 11.1 Å². The quantitative estimate of drug-likeness (QED) is 0.882. The number of hydrogen-bond acceptors (Lipinski definition) is 6. The van der Waals surface area contributed by atoms with Crippen molar-refractivity contribution >= 4 is 17.7 Å². The minimum absolute atomic E-state index is 0.158. The summed E-state index contributed by atoms with van der Waals surface area (Å²) in [6.45, 7) is 0. The molecule has 0 unspecified atom stereocenters. The monoisotopic (exact) mass is 247 g/mol. The predicted octanol–water partition coefficient (Wildman–Crippen LogP) is 1.79. The Morgan fingerprint density at radius 1 is 1.47 bits per heavy atom. The molecule has 17 heavy (non-hydrogen) atoms. The first-order chi connectivity index (χ1) is 8.20. The molecule has 84 valence electrons. The highest BCUT2D eigenvalue weighted by Gasteiger charge is 2.12. The Bertz CT molecular complexity index is 603. The van der Waals surface area contributed by atoms with Gasteiger partial charge < -0.3 is 9.52 Å². The second-order valence-corrected chi connectivity index (χ2v) is 3.88. The topological polar surface area (TPSA) is 100 Å². The van der Waals surface area contributed by atoms with Crippen molar-refractivity contribution in [3.05, 3.63) is 35.7 Å². The van der Waals surface area contributed by atoms with Gasteiger partial charge in [0.25, 0.3) is 0 Å². The number of furan rings is 1. The summed E-state index contributed by atoms with van der Waals surface area (Å²) < 4.78 is 5.03. The van der Waals surface area contributed by atoms with E-state index in [0.717, 1.165) is 11.8 Å². The number of aromatic nitrogens is 2. The Kier molecular flexibility index (Phi) is 3.07. The van der Waals surface area contributed by atoms with Crippen LogP contribution in [0, 0.1) is 11.3 Å². The van der Waals surface area contributed by atoms with Gasteiger partial charge in [0.05, 0.1) is 11.8 Å². The largest absolute Gasteiger partial charge is 0.475 e. The molecule has 0 amide bonds. The molecular weight excluding hydrogens is 242 g/mol. The standard InChI is InChI=1S/C10H5N3O3S/c11-5-6-3-4-12-13-9(6)17-8-2-1-7(16-8)10(14)15/h1-4H,(H,14,15). The van der Waals surface area contributed by atoms with E-state index in [-0.39, 0.29) is 5.76 Å². The average molecular weight is 247 g/mol. The van der Waals surface area contributed by atoms with Gasteiger partial charge in [-0.25, -0.2) is 4.79 Å². The summed E-state index contributed by atoms with van der Waals surface area (Å²) in [5.41, 5.74) is 0.360. The molecule has 1 N–H and O–H groups in total. The minimum Gasteiger partial charge on any atom is -0.475 e. The van der Waals surface area contributed by atoms with Crippen LogP contribution < -0.4 is 0 Å². The normalized spacial score (nSPS) is 9.82. The molecule has 0 saturated carbocycles. The first-order valence-electron chi connectivity index (χ1n) is 4.43. The van der Waals surface area contributed by atoms with Gasteiger partial charge >= 0.3 is 5.97 Å². The van der Waals surface area contributed by atoms with Crippen molar-refractivity contribution in [2.75, 3.05) is 0 Å². The van der Waals surface area contributed by atoms with Gasteiger partial charge in [0.15, 0.2) is 5.09 Å². The summed E-state index contributed by atoms with van der Waals surface area (Å²) >= 11 is 1.05. The second kappa shape index (κ2) is 4.67. The number of aromatic carboxylic acids is 1. The summed E-state index contributed by atoms with van der Waals surface area (Å²) in [5.74, 6) is -1.30. The first-order valence-corrected chi connectivity index (χ1v) is 5.25. The van der Waals surface area contributed by atoms with Crippen LogP contribution in [0.2, 0.25) is 0 Å². The fraction of sp³-hybridized carbons (Fsp3) is 0. The lowest BCUT2D eigenvalue weighted by molar-refractivity contribution is 0.0656. The molecule has 2 aromatic heterocycles. The Hall–Kier alpha value is -2.33. The van der Waals surface area contributed by atoms with Crippen molar-refractivity contribution in [1.29, 1.82) is 5.26 Å².